The van der Waals surface area contributed by atoms with Crippen molar-refractivity contribution in [3.63, 3.8) is 0 Å². The molecule has 0 aromatic heterocycles. The maximum Gasteiger partial charge on any atom is 0.308 e. The summed E-state index contributed by atoms with van der Waals surface area (Å²) in [5.41, 5.74) is 0.518. The lowest BCUT2D eigenvalue weighted by atomic mass is 9.70. The zero-order valence-corrected chi connectivity index (χ0v) is 8.84. The van der Waals surface area contributed by atoms with Crippen LogP contribution < -0.4 is 5.32 Å². The van der Waals surface area contributed by atoms with E-state index in [2.05, 4.69) is 5.32 Å². The van der Waals surface area contributed by atoms with E-state index < -0.39 is 0 Å². The van der Waals surface area contributed by atoms with Crippen molar-refractivity contribution in [2.75, 3.05) is 20.2 Å². The van der Waals surface area contributed by atoms with Crippen LogP contribution in [0.15, 0.2) is 0 Å². The van der Waals surface area contributed by atoms with Gasteiger partial charge in [0.05, 0.1) is 13.0 Å². The van der Waals surface area contributed by atoms with Crippen LogP contribution in [0.25, 0.3) is 0 Å². The Labute approximate surface area is 85.2 Å². The Kier molecular flexibility index (Phi) is 2.77. The Morgan fingerprint density at radius 1 is 1.36 bits per heavy atom. The molecule has 2 aliphatic rings. The molecule has 0 radical (unpaired) electrons. The molecule has 3 nitrogen and oxygen atoms in total. The average molecular weight is 197 g/mol. The van der Waals surface area contributed by atoms with Gasteiger partial charge in [-0.25, -0.2) is 0 Å². The van der Waals surface area contributed by atoms with E-state index >= 15 is 0 Å². The number of carbonyl (C=O) groups is 1. The highest BCUT2D eigenvalue weighted by Gasteiger charge is 2.39. The summed E-state index contributed by atoms with van der Waals surface area (Å²) in [4.78, 5) is 11.3. The predicted octanol–water partition coefficient (Wildman–Crippen LogP) is 1.33. The van der Waals surface area contributed by atoms with Gasteiger partial charge < -0.3 is 10.1 Å². The van der Waals surface area contributed by atoms with Gasteiger partial charge in [-0.05, 0) is 44.1 Å². The van der Waals surface area contributed by atoms with Crippen molar-refractivity contribution in [2.24, 2.45) is 11.3 Å². The molecule has 1 N–H and O–H groups in total. The molecule has 2 fully saturated rings. The van der Waals surface area contributed by atoms with Gasteiger partial charge in [-0.1, -0.05) is 0 Å². The first-order valence-corrected chi connectivity index (χ1v) is 5.54. The largest absolute Gasteiger partial charge is 0.469 e. The number of ether oxygens (including phenoxy) is 1. The van der Waals surface area contributed by atoms with Crippen LogP contribution in [0.1, 0.15) is 32.1 Å². The Balaban J connectivity index is 1.88. The fourth-order valence-corrected chi connectivity index (χ4v) is 2.85. The molecular formula is C11H19NO2. The number of esters is 1. The molecule has 0 aromatic carbocycles. The fourth-order valence-electron chi connectivity index (χ4n) is 2.85. The Bertz CT molecular complexity index is 211. The fraction of sp³-hybridized carbons (Fsp3) is 0.909. The van der Waals surface area contributed by atoms with Gasteiger partial charge in [0.15, 0.2) is 0 Å². The van der Waals surface area contributed by atoms with Crippen LogP contribution in [0.3, 0.4) is 0 Å². The van der Waals surface area contributed by atoms with Gasteiger partial charge in [-0.3, -0.25) is 4.79 Å². The van der Waals surface area contributed by atoms with Crippen molar-refractivity contribution in [1.82, 2.24) is 5.32 Å². The van der Waals surface area contributed by atoms with Crippen LogP contribution in [0.4, 0.5) is 0 Å². The van der Waals surface area contributed by atoms with Gasteiger partial charge >= 0.3 is 5.97 Å². The van der Waals surface area contributed by atoms with Crippen LogP contribution in [-0.2, 0) is 9.53 Å². The van der Waals surface area contributed by atoms with Gasteiger partial charge in [-0.15, -0.1) is 0 Å². The minimum atomic E-state index is -0.00851. The van der Waals surface area contributed by atoms with E-state index in [1.54, 1.807) is 0 Å². The number of carbonyl (C=O) groups excluding carboxylic acids is 1. The molecule has 0 bridgehead atoms. The smallest absolute Gasteiger partial charge is 0.308 e. The van der Waals surface area contributed by atoms with Crippen molar-refractivity contribution in [3.05, 3.63) is 0 Å². The zero-order chi connectivity index (χ0) is 10.0. The lowest BCUT2D eigenvalue weighted by Crippen LogP contribution is -2.32. The third-order valence-corrected chi connectivity index (χ3v) is 3.91. The molecule has 1 spiro atoms. The molecule has 2 rings (SSSR count). The van der Waals surface area contributed by atoms with Crippen molar-refractivity contribution in [1.29, 1.82) is 0 Å². The number of methoxy groups -OCH3 is 1. The maximum atomic E-state index is 11.3. The first-order valence-electron chi connectivity index (χ1n) is 5.54. The second-order valence-electron chi connectivity index (χ2n) is 4.72. The highest BCUT2D eigenvalue weighted by atomic mass is 16.5. The molecule has 0 aromatic rings. The zero-order valence-electron chi connectivity index (χ0n) is 8.84. The summed E-state index contributed by atoms with van der Waals surface area (Å²) in [5, 5.41) is 3.42. The molecule has 1 aliphatic carbocycles. The maximum absolute atomic E-state index is 11.3. The molecule has 1 heterocycles. The van der Waals surface area contributed by atoms with Gasteiger partial charge in [0.25, 0.3) is 0 Å². The Morgan fingerprint density at radius 3 is 2.57 bits per heavy atom. The monoisotopic (exact) mass is 197 g/mol. The van der Waals surface area contributed by atoms with E-state index in [0.717, 1.165) is 25.9 Å². The lowest BCUT2D eigenvalue weighted by Gasteiger charge is -2.35. The van der Waals surface area contributed by atoms with E-state index in [4.69, 9.17) is 4.74 Å². The Morgan fingerprint density at radius 2 is 2.07 bits per heavy atom. The number of rotatable bonds is 1. The first-order chi connectivity index (χ1) is 6.76. The normalized spacial score (nSPS) is 37.4. The van der Waals surface area contributed by atoms with Crippen LogP contribution >= 0.6 is 0 Å². The molecule has 1 saturated heterocycles. The van der Waals surface area contributed by atoms with Crippen LogP contribution in [0, 0.1) is 11.3 Å². The van der Waals surface area contributed by atoms with Crippen LogP contribution in [0.5, 0.6) is 0 Å². The van der Waals surface area contributed by atoms with E-state index in [9.17, 15) is 4.79 Å². The quantitative estimate of drug-likeness (QED) is 0.644. The van der Waals surface area contributed by atoms with E-state index in [-0.39, 0.29) is 11.9 Å². The summed E-state index contributed by atoms with van der Waals surface area (Å²) in [5.74, 6) is 0.164. The molecule has 1 aliphatic heterocycles. The average Bonchev–Trinajstić information content (AvgIpc) is 2.67. The minimum Gasteiger partial charge on any atom is -0.469 e. The van der Waals surface area contributed by atoms with Crippen LogP contribution in [-0.4, -0.2) is 26.2 Å². The molecule has 14 heavy (non-hydrogen) atoms. The SMILES string of the molecule is COC(=O)C1CCC2(CCNC2)CC1. The lowest BCUT2D eigenvalue weighted by molar-refractivity contribution is -0.147. The summed E-state index contributed by atoms with van der Waals surface area (Å²) < 4.78 is 4.79. The van der Waals surface area contributed by atoms with Gasteiger partial charge in [0, 0.05) is 6.54 Å². The standard InChI is InChI=1S/C11H19NO2/c1-14-10(13)9-2-4-11(5-3-9)6-7-12-8-11/h9,12H,2-8H2,1H3. The van der Waals surface area contributed by atoms with Gasteiger partial charge in [0.2, 0.25) is 0 Å². The van der Waals surface area contributed by atoms with Crippen molar-refractivity contribution in [3.8, 4) is 0 Å². The summed E-state index contributed by atoms with van der Waals surface area (Å²) in [6, 6.07) is 0. The molecule has 0 amide bonds. The van der Waals surface area contributed by atoms with Gasteiger partial charge in [-0.2, -0.15) is 0 Å². The second-order valence-corrected chi connectivity index (χ2v) is 4.72. The summed E-state index contributed by atoms with van der Waals surface area (Å²) in [6.07, 6.45) is 5.73. The number of hydrogen-bond donors (Lipinski definition) is 1. The van der Waals surface area contributed by atoms with Crippen molar-refractivity contribution >= 4 is 5.97 Å². The highest BCUT2D eigenvalue weighted by Crippen LogP contribution is 2.43. The third-order valence-electron chi connectivity index (χ3n) is 3.91. The summed E-state index contributed by atoms with van der Waals surface area (Å²) in [7, 11) is 1.49. The molecule has 80 valence electrons. The minimum absolute atomic E-state index is 0.00851. The van der Waals surface area contributed by atoms with Crippen molar-refractivity contribution in [2.45, 2.75) is 32.1 Å². The van der Waals surface area contributed by atoms with Gasteiger partial charge in [0.1, 0.15) is 0 Å². The molecule has 0 unspecified atom stereocenters. The van der Waals surface area contributed by atoms with Crippen molar-refractivity contribution < 1.29 is 9.53 Å². The van der Waals surface area contributed by atoms with E-state index in [0.29, 0.717) is 5.41 Å². The Hall–Kier alpha value is -0.570. The number of hydrogen-bond acceptors (Lipinski definition) is 3. The van der Waals surface area contributed by atoms with E-state index in [1.165, 1.54) is 26.4 Å². The molecular weight excluding hydrogens is 178 g/mol. The van der Waals surface area contributed by atoms with E-state index in [1.807, 2.05) is 0 Å². The summed E-state index contributed by atoms with van der Waals surface area (Å²) >= 11 is 0. The molecule has 1 saturated carbocycles. The molecule has 0 atom stereocenters. The predicted molar refractivity (Wildman–Crippen MR) is 53.9 cm³/mol. The second kappa shape index (κ2) is 3.89. The third kappa shape index (κ3) is 1.78. The molecule has 3 heteroatoms. The topological polar surface area (TPSA) is 38.3 Å². The van der Waals surface area contributed by atoms with Crippen LogP contribution in [0.2, 0.25) is 0 Å². The number of nitrogens with one attached hydrogen (secondary N) is 1. The highest BCUT2D eigenvalue weighted by molar-refractivity contribution is 5.72. The first kappa shape index (κ1) is 9.97. The summed E-state index contributed by atoms with van der Waals surface area (Å²) in [6.45, 7) is 2.31.